The molecule has 2 heterocycles. The lowest BCUT2D eigenvalue weighted by atomic mass is 9.75. The number of fused-ring (bicyclic) bond motifs is 2. The Morgan fingerprint density at radius 1 is 1.22 bits per heavy atom. The van der Waals surface area contributed by atoms with Gasteiger partial charge in [0.05, 0.1) is 23.5 Å². The van der Waals surface area contributed by atoms with Crippen molar-refractivity contribution in [1.29, 1.82) is 0 Å². The van der Waals surface area contributed by atoms with Gasteiger partial charge in [-0.05, 0) is 42.7 Å². The van der Waals surface area contributed by atoms with E-state index in [1.807, 2.05) is 32.0 Å². The van der Waals surface area contributed by atoms with Crippen LogP contribution < -0.4 is 5.73 Å². The number of rotatable bonds is 4. The number of halogens is 1. The van der Waals surface area contributed by atoms with Crippen LogP contribution in [0, 0.1) is 11.8 Å². The monoisotopic (exact) mass is 391 g/mol. The van der Waals surface area contributed by atoms with Crippen LogP contribution in [0.5, 0.6) is 0 Å². The summed E-state index contributed by atoms with van der Waals surface area (Å²) < 4.78 is 18.1. The Bertz CT molecular complexity index is 750. The van der Waals surface area contributed by atoms with Gasteiger partial charge in [0.1, 0.15) is 0 Å². The fourth-order valence-electron chi connectivity index (χ4n) is 4.35. The summed E-state index contributed by atoms with van der Waals surface area (Å²) in [5, 5.41) is 1.63. The Morgan fingerprint density at radius 2 is 2.00 bits per heavy atom. The molecule has 4 nitrogen and oxygen atoms in total. The zero-order valence-corrected chi connectivity index (χ0v) is 17.5. The summed E-state index contributed by atoms with van der Waals surface area (Å²) in [5.41, 5.74) is 8.21. The first-order valence-electron chi connectivity index (χ1n) is 10.3. The molecule has 3 unspecified atom stereocenters. The summed E-state index contributed by atoms with van der Waals surface area (Å²) in [6.45, 7) is 8.54. The zero-order chi connectivity index (χ0) is 19.6. The topological polar surface area (TPSA) is 57.6 Å². The van der Waals surface area contributed by atoms with E-state index in [1.165, 1.54) is 12.8 Å². The third-order valence-corrected chi connectivity index (χ3v) is 6.01. The lowest BCUT2D eigenvalue weighted by Gasteiger charge is -2.34. The lowest BCUT2D eigenvalue weighted by Crippen LogP contribution is -2.42. The predicted molar refractivity (Wildman–Crippen MR) is 112 cm³/mol. The van der Waals surface area contributed by atoms with Gasteiger partial charge in [-0.15, -0.1) is 0 Å². The van der Waals surface area contributed by atoms with E-state index in [0.29, 0.717) is 28.9 Å². The molecule has 1 aliphatic heterocycles. The van der Waals surface area contributed by atoms with Crippen molar-refractivity contribution in [3.05, 3.63) is 35.0 Å². The van der Waals surface area contributed by atoms with Gasteiger partial charge >= 0.3 is 7.12 Å². The molecule has 1 aromatic carbocycles. The van der Waals surface area contributed by atoms with Crippen molar-refractivity contribution in [2.24, 2.45) is 17.6 Å². The zero-order valence-electron chi connectivity index (χ0n) is 16.8. The van der Waals surface area contributed by atoms with E-state index in [-0.39, 0.29) is 25.3 Å². The molecule has 2 N–H and O–H groups in total. The van der Waals surface area contributed by atoms with Gasteiger partial charge in [-0.3, -0.25) is 0 Å². The molecule has 2 aliphatic rings. The normalized spacial score (nSPS) is 26.0. The minimum absolute atomic E-state index is 0.181. The van der Waals surface area contributed by atoms with E-state index in [9.17, 15) is 0 Å². The first-order chi connectivity index (χ1) is 13.0. The summed E-state index contributed by atoms with van der Waals surface area (Å²) in [4.78, 5) is 0. The second kappa shape index (κ2) is 9.00. The summed E-state index contributed by atoms with van der Waals surface area (Å²) in [5.74, 6) is 0.939. The summed E-state index contributed by atoms with van der Waals surface area (Å²) in [7, 11) is -0.349. The quantitative estimate of drug-likeness (QED) is 0.723. The highest BCUT2D eigenvalue weighted by Crippen LogP contribution is 2.39. The minimum atomic E-state index is -0.349. The van der Waals surface area contributed by atoms with Gasteiger partial charge in [-0.1, -0.05) is 57.8 Å². The Morgan fingerprint density at radius 3 is 2.74 bits per heavy atom. The van der Waals surface area contributed by atoms with Crippen LogP contribution in [-0.4, -0.2) is 25.3 Å². The van der Waals surface area contributed by atoms with Crippen molar-refractivity contribution in [3.63, 3.8) is 0 Å². The Labute approximate surface area is 167 Å². The number of para-hydroxylation sites is 1. The molecule has 0 amide bonds. The van der Waals surface area contributed by atoms with Crippen molar-refractivity contribution < 1.29 is 13.7 Å². The second-order valence-electron chi connectivity index (χ2n) is 7.73. The van der Waals surface area contributed by atoms with Crippen LogP contribution >= 0.6 is 11.6 Å². The van der Waals surface area contributed by atoms with Crippen LogP contribution in [0.25, 0.3) is 11.0 Å². The molecule has 0 bridgehead atoms. The van der Waals surface area contributed by atoms with E-state index in [0.717, 1.165) is 17.4 Å². The third kappa shape index (κ3) is 4.22. The van der Waals surface area contributed by atoms with Gasteiger partial charge in [-0.25, -0.2) is 0 Å². The van der Waals surface area contributed by atoms with Crippen molar-refractivity contribution in [2.75, 3.05) is 0 Å². The molecule has 1 saturated heterocycles. The number of hydrogen-bond donors (Lipinski definition) is 1. The first-order valence-corrected chi connectivity index (χ1v) is 10.6. The largest absolute Gasteiger partial charge is 0.475 e. The van der Waals surface area contributed by atoms with E-state index in [4.69, 9.17) is 31.1 Å². The summed E-state index contributed by atoms with van der Waals surface area (Å²) >= 11 is 6.19. The van der Waals surface area contributed by atoms with Crippen LogP contribution in [0.1, 0.15) is 52.5 Å². The number of hydrogen-bond acceptors (Lipinski definition) is 4. The molecule has 2 fully saturated rings. The van der Waals surface area contributed by atoms with Crippen molar-refractivity contribution in [2.45, 2.75) is 71.5 Å². The molecule has 4 atom stereocenters. The highest BCUT2D eigenvalue weighted by atomic mass is 35.5. The molecule has 1 aromatic heterocycles. The highest BCUT2D eigenvalue weighted by Gasteiger charge is 2.48. The second-order valence-corrected chi connectivity index (χ2v) is 8.14. The average Bonchev–Trinajstić information content (AvgIpc) is 3.28. The van der Waals surface area contributed by atoms with E-state index < -0.39 is 0 Å². The number of nitrogens with two attached hydrogens (primary N) is 1. The molecule has 1 saturated carbocycles. The van der Waals surface area contributed by atoms with E-state index >= 15 is 0 Å². The maximum Gasteiger partial charge on any atom is 0.475 e. The smallest absolute Gasteiger partial charge is 0.462 e. The van der Waals surface area contributed by atoms with E-state index in [2.05, 4.69) is 13.8 Å². The average molecular weight is 392 g/mol. The molecule has 2 aromatic rings. The summed E-state index contributed by atoms with van der Waals surface area (Å²) in [6.07, 6.45) is 6.25. The van der Waals surface area contributed by atoms with Gasteiger partial charge in [0, 0.05) is 11.3 Å². The SMILES string of the molecule is CC.CC(C)[C@@H]1CCCC2OB(C(N)Cc3coc4c(Cl)cccc34)OC21. The molecule has 6 heteroatoms. The minimum Gasteiger partial charge on any atom is -0.462 e. The molecular weight excluding hydrogens is 361 g/mol. The third-order valence-electron chi connectivity index (χ3n) is 5.71. The van der Waals surface area contributed by atoms with Gasteiger partial charge in [0.25, 0.3) is 0 Å². The molecule has 148 valence electrons. The van der Waals surface area contributed by atoms with Crippen molar-refractivity contribution in [3.8, 4) is 0 Å². The standard InChI is InChI=1S/C19H25BClNO3.C2H6/c1-11(2)13-5-4-8-16-19(13)25-20(24-16)17(22)9-12-10-23-18-14(12)6-3-7-15(18)21;1-2/h3,6-7,10-11,13,16-17,19H,4-5,8-9,22H2,1-2H3;1-2H3/t13-,16?,17?,19?;/m0./s1. The molecule has 0 radical (unpaired) electrons. The van der Waals surface area contributed by atoms with E-state index in [1.54, 1.807) is 6.26 Å². The van der Waals surface area contributed by atoms with Crippen LogP contribution in [0.4, 0.5) is 0 Å². The van der Waals surface area contributed by atoms with Crippen molar-refractivity contribution in [1.82, 2.24) is 0 Å². The number of furan rings is 1. The maximum atomic E-state index is 6.45. The molecule has 1 aliphatic carbocycles. The van der Waals surface area contributed by atoms with Crippen molar-refractivity contribution >= 4 is 29.7 Å². The molecule has 27 heavy (non-hydrogen) atoms. The summed E-state index contributed by atoms with van der Waals surface area (Å²) in [6, 6.07) is 5.77. The Hall–Kier alpha value is -1.01. The van der Waals surface area contributed by atoms with Gasteiger partial charge in [0.15, 0.2) is 5.58 Å². The molecule has 0 spiro atoms. The fraction of sp³-hybridized carbons (Fsp3) is 0.619. The predicted octanol–water partition coefficient (Wildman–Crippen LogP) is 5.25. The molecule has 4 rings (SSSR count). The van der Waals surface area contributed by atoms with Gasteiger partial charge in [-0.2, -0.15) is 0 Å². The van der Waals surface area contributed by atoms with Crippen LogP contribution in [0.15, 0.2) is 28.9 Å². The maximum absolute atomic E-state index is 6.45. The highest BCUT2D eigenvalue weighted by molar-refractivity contribution is 6.47. The Kier molecular flexibility index (Phi) is 6.90. The van der Waals surface area contributed by atoms with Crippen LogP contribution in [-0.2, 0) is 15.7 Å². The van der Waals surface area contributed by atoms with Gasteiger partial charge in [0.2, 0.25) is 0 Å². The fourth-order valence-corrected chi connectivity index (χ4v) is 4.57. The Balaban J connectivity index is 0.00000102. The first kappa shape index (κ1) is 20.7. The van der Waals surface area contributed by atoms with Gasteiger partial charge < -0.3 is 19.5 Å². The lowest BCUT2D eigenvalue weighted by molar-refractivity contribution is 0.0366. The molecular formula is C21H31BClNO3. The van der Waals surface area contributed by atoms with Crippen LogP contribution in [0.3, 0.4) is 0 Å². The van der Waals surface area contributed by atoms with Crippen LogP contribution in [0.2, 0.25) is 5.02 Å². The number of benzene rings is 1.